The van der Waals surface area contributed by atoms with Crippen LogP contribution < -0.4 is 17.0 Å². The van der Waals surface area contributed by atoms with Crippen LogP contribution in [0.15, 0.2) is 14.7 Å². The highest BCUT2D eigenvalue weighted by Crippen LogP contribution is 2.38. The molecule has 2 aromatic heterocycles. The van der Waals surface area contributed by atoms with Crippen molar-refractivity contribution in [2.75, 3.05) is 11.5 Å². The Morgan fingerprint density at radius 2 is 2.08 bits per heavy atom. The number of aryl methyl sites for hydroxylation is 1. The molecule has 3 N–H and O–H groups in total. The first kappa shape index (κ1) is 17.5. The molecule has 0 aromatic carbocycles. The molecule has 1 saturated carbocycles. The monoisotopic (exact) mass is 364 g/mol. The van der Waals surface area contributed by atoms with Gasteiger partial charge in [0.1, 0.15) is 17.2 Å². The highest BCUT2D eigenvalue weighted by molar-refractivity contribution is 7.99. The lowest BCUT2D eigenvalue weighted by Crippen LogP contribution is -2.36. The topological polar surface area (TPSA) is 129 Å². The highest BCUT2D eigenvalue weighted by Gasteiger charge is 2.29. The predicted molar refractivity (Wildman–Crippen MR) is 94.1 cm³/mol. The van der Waals surface area contributed by atoms with Gasteiger partial charge in [-0.15, -0.1) is 10.2 Å². The molecule has 2 heterocycles. The van der Waals surface area contributed by atoms with E-state index in [0.29, 0.717) is 24.2 Å². The van der Waals surface area contributed by atoms with E-state index in [2.05, 4.69) is 15.2 Å². The zero-order chi connectivity index (χ0) is 18.1. The third-order valence-corrected chi connectivity index (χ3v) is 4.99. The van der Waals surface area contributed by atoms with Crippen LogP contribution >= 0.6 is 11.8 Å². The van der Waals surface area contributed by atoms with Crippen molar-refractivity contribution in [3.8, 4) is 0 Å². The highest BCUT2D eigenvalue weighted by atomic mass is 32.2. The Bertz CT molecular complexity index is 924. The largest absolute Gasteiger partial charge is 0.384 e. The number of nitrogens with two attached hydrogens (primary N) is 1. The van der Waals surface area contributed by atoms with Crippen LogP contribution in [-0.2, 0) is 6.54 Å². The quantitative estimate of drug-likeness (QED) is 0.547. The number of nitrogens with one attached hydrogen (secondary N) is 1. The van der Waals surface area contributed by atoms with Crippen LogP contribution in [-0.4, -0.2) is 35.9 Å². The van der Waals surface area contributed by atoms with Gasteiger partial charge in [0, 0.05) is 12.6 Å². The van der Waals surface area contributed by atoms with Crippen molar-refractivity contribution in [2.24, 2.45) is 0 Å². The van der Waals surface area contributed by atoms with Crippen LogP contribution in [0.25, 0.3) is 0 Å². The molecule has 1 aliphatic rings. The van der Waals surface area contributed by atoms with Gasteiger partial charge in [0.05, 0.1) is 5.75 Å². The van der Waals surface area contributed by atoms with Gasteiger partial charge in [-0.3, -0.25) is 19.1 Å². The number of carbonyl (C=O) groups is 1. The average Bonchev–Trinajstić information content (AvgIpc) is 3.32. The van der Waals surface area contributed by atoms with Crippen LogP contribution in [0.1, 0.15) is 48.4 Å². The molecule has 0 radical (unpaired) electrons. The van der Waals surface area contributed by atoms with Crippen LogP contribution in [0, 0.1) is 6.92 Å². The molecule has 1 aliphatic carbocycles. The van der Waals surface area contributed by atoms with Crippen molar-refractivity contribution < 1.29 is 4.79 Å². The minimum atomic E-state index is -0.750. The van der Waals surface area contributed by atoms with Gasteiger partial charge in [0.2, 0.25) is 0 Å². The number of thioether (sulfide) groups is 1. The first-order valence-corrected chi connectivity index (χ1v) is 9.12. The van der Waals surface area contributed by atoms with Crippen molar-refractivity contribution in [3.05, 3.63) is 32.2 Å². The van der Waals surface area contributed by atoms with Crippen molar-refractivity contribution in [1.29, 1.82) is 0 Å². The minimum Gasteiger partial charge on any atom is -0.384 e. The molecule has 0 bridgehead atoms. The van der Waals surface area contributed by atoms with E-state index in [1.165, 1.54) is 16.3 Å². The van der Waals surface area contributed by atoms with Gasteiger partial charge in [-0.2, -0.15) is 0 Å². The Hall–Kier alpha value is -2.36. The molecule has 10 heteroatoms. The standard InChI is InChI=1S/C15H20N6O3S/c1-3-6-20-12(16)11(13(23)17-14(20)24)10(22)7-25-15-19-18-8(2)21(15)9-4-5-9/h9H,3-7,16H2,1-2H3,(H,17,23,24). The summed E-state index contributed by atoms with van der Waals surface area (Å²) in [5, 5.41) is 8.81. The molecule has 0 aliphatic heterocycles. The SMILES string of the molecule is CCCn1c(N)c(C(=O)CSc2nnc(C)n2C2CC2)c(=O)[nH]c1=O. The number of aromatic nitrogens is 5. The molecular weight excluding hydrogens is 344 g/mol. The van der Waals surface area contributed by atoms with Gasteiger partial charge in [-0.25, -0.2) is 4.79 Å². The number of H-pyrrole nitrogens is 1. The summed E-state index contributed by atoms with van der Waals surface area (Å²) >= 11 is 1.22. The predicted octanol–water partition coefficient (Wildman–Crippen LogP) is 0.739. The van der Waals surface area contributed by atoms with Gasteiger partial charge in [-0.1, -0.05) is 18.7 Å². The van der Waals surface area contributed by atoms with Gasteiger partial charge < -0.3 is 10.3 Å². The second-order valence-corrected chi connectivity index (χ2v) is 6.96. The second kappa shape index (κ2) is 6.87. The van der Waals surface area contributed by atoms with Gasteiger partial charge >= 0.3 is 5.69 Å². The Morgan fingerprint density at radius 3 is 2.72 bits per heavy atom. The van der Waals surface area contributed by atoms with E-state index in [1.807, 2.05) is 18.4 Å². The Balaban J connectivity index is 1.83. The summed E-state index contributed by atoms with van der Waals surface area (Å²) in [4.78, 5) is 38.6. The maximum atomic E-state index is 12.5. The zero-order valence-electron chi connectivity index (χ0n) is 14.1. The lowest BCUT2D eigenvalue weighted by Gasteiger charge is -2.11. The van der Waals surface area contributed by atoms with Gasteiger partial charge in [0.15, 0.2) is 10.9 Å². The number of ketones is 1. The van der Waals surface area contributed by atoms with E-state index in [0.717, 1.165) is 18.7 Å². The molecule has 0 atom stereocenters. The van der Waals surface area contributed by atoms with Crippen molar-refractivity contribution in [1.82, 2.24) is 24.3 Å². The van der Waals surface area contributed by atoms with Crippen molar-refractivity contribution >= 4 is 23.4 Å². The fourth-order valence-corrected chi connectivity index (χ4v) is 3.63. The molecule has 25 heavy (non-hydrogen) atoms. The molecule has 0 spiro atoms. The number of anilines is 1. The number of carbonyl (C=O) groups excluding carboxylic acids is 1. The van der Waals surface area contributed by atoms with E-state index in [9.17, 15) is 14.4 Å². The number of nitrogens with zero attached hydrogens (tertiary/aromatic N) is 4. The number of nitrogen functional groups attached to an aromatic ring is 1. The van der Waals surface area contributed by atoms with Crippen molar-refractivity contribution in [2.45, 2.75) is 50.9 Å². The third-order valence-electron chi connectivity index (χ3n) is 4.05. The summed E-state index contributed by atoms with van der Waals surface area (Å²) in [6, 6.07) is 0.396. The second-order valence-electron chi connectivity index (χ2n) is 6.01. The molecule has 3 rings (SSSR count). The molecule has 0 unspecified atom stereocenters. The lowest BCUT2D eigenvalue weighted by molar-refractivity contribution is 0.102. The number of rotatable bonds is 7. The maximum absolute atomic E-state index is 12.5. The normalized spacial score (nSPS) is 14.0. The Kier molecular flexibility index (Phi) is 4.80. The number of hydrogen-bond donors (Lipinski definition) is 2. The first-order chi connectivity index (χ1) is 11.9. The summed E-state index contributed by atoms with van der Waals surface area (Å²) < 4.78 is 3.24. The molecule has 9 nitrogen and oxygen atoms in total. The first-order valence-electron chi connectivity index (χ1n) is 8.14. The maximum Gasteiger partial charge on any atom is 0.329 e. The number of aromatic amines is 1. The third kappa shape index (κ3) is 3.39. The Morgan fingerprint density at radius 1 is 1.36 bits per heavy atom. The number of hydrogen-bond acceptors (Lipinski definition) is 7. The summed E-state index contributed by atoms with van der Waals surface area (Å²) in [5.41, 5.74) is 4.39. The molecule has 1 fully saturated rings. The van der Waals surface area contributed by atoms with E-state index in [1.54, 1.807) is 0 Å². The lowest BCUT2D eigenvalue weighted by atomic mass is 10.2. The van der Waals surface area contributed by atoms with Crippen molar-refractivity contribution in [3.63, 3.8) is 0 Å². The summed E-state index contributed by atoms with van der Waals surface area (Å²) in [6.45, 7) is 4.09. The summed E-state index contributed by atoms with van der Waals surface area (Å²) in [5.74, 6) is 0.298. The van der Waals surface area contributed by atoms with E-state index in [-0.39, 0.29) is 17.1 Å². The fraction of sp³-hybridized carbons (Fsp3) is 0.533. The van der Waals surface area contributed by atoms with Crippen LogP contribution in [0.4, 0.5) is 5.82 Å². The summed E-state index contributed by atoms with van der Waals surface area (Å²) in [7, 11) is 0. The Labute approximate surface area is 147 Å². The minimum absolute atomic E-state index is 0.00244. The average molecular weight is 364 g/mol. The van der Waals surface area contributed by atoms with E-state index >= 15 is 0 Å². The number of Topliss-reactive ketones (excluding diaryl/α,β-unsaturated/α-hetero) is 1. The van der Waals surface area contributed by atoms with Gasteiger partial charge in [-0.05, 0) is 26.2 Å². The molecule has 134 valence electrons. The van der Waals surface area contributed by atoms with Gasteiger partial charge in [0.25, 0.3) is 5.56 Å². The fourth-order valence-electron chi connectivity index (χ4n) is 2.71. The van der Waals surface area contributed by atoms with Crippen LogP contribution in [0.5, 0.6) is 0 Å². The zero-order valence-corrected chi connectivity index (χ0v) is 14.9. The van der Waals surface area contributed by atoms with Crippen LogP contribution in [0.2, 0.25) is 0 Å². The molecule has 0 amide bonds. The summed E-state index contributed by atoms with van der Waals surface area (Å²) in [6.07, 6.45) is 2.81. The molecule has 0 saturated heterocycles. The molecule has 2 aromatic rings. The van der Waals surface area contributed by atoms with E-state index in [4.69, 9.17) is 5.73 Å². The van der Waals surface area contributed by atoms with E-state index < -0.39 is 17.0 Å². The molecular formula is C15H20N6O3S. The smallest absolute Gasteiger partial charge is 0.329 e. The van der Waals surface area contributed by atoms with Crippen LogP contribution in [0.3, 0.4) is 0 Å².